The van der Waals surface area contributed by atoms with Crippen molar-refractivity contribution in [3.8, 4) is 0 Å². The number of hydrogen-bond acceptors (Lipinski definition) is 3. The number of rotatable bonds is 3. The van der Waals surface area contributed by atoms with Gasteiger partial charge in [0.2, 0.25) is 0 Å². The molecule has 1 aliphatic heterocycles. The molecule has 1 unspecified atom stereocenters. The van der Waals surface area contributed by atoms with Gasteiger partial charge in [0.1, 0.15) is 5.78 Å². The Morgan fingerprint density at radius 1 is 1.40 bits per heavy atom. The molecular weight excluding hydrogens is 188 g/mol. The third-order valence-electron chi connectivity index (χ3n) is 3.55. The summed E-state index contributed by atoms with van der Waals surface area (Å²) in [5, 5.41) is 0. The molecule has 0 aromatic rings. The van der Waals surface area contributed by atoms with Crippen LogP contribution in [-0.2, 0) is 4.79 Å². The number of piperazine rings is 1. The van der Waals surface area contributed by atoms with Crippen LogP contribution >= 0.6 is 0 Å². The van der Waals surface area contributed by atoms with Gasteiger partial charge in [-0.1, -0.05) is 0 Å². The van der Waals surface area contributed by atoms with Crippen LogP contribution < -0.4 is 0 Å². The number of nitrogens with zero attached hydrogens (tertiary/aromatic N) is 2. The van der Waals surface area contributed by atoms with Crippen LogP contribution in [0.15, 0.2) is 0 Å². The first kappa shape index (κ1) is 12.7. The molecule has 0 bridgehead atoms. The van der Waals surface area contributed by atoms with Gasteiger partial charge < -0.3 is 0 Å². The Kier molecular flexibility index (Phi) is 3.90. The zero-order valence-corrected chi connectivity index (χ0v) is 10.7. The van der Waals surface area contributed by atoms with Gasteiger partial charge in [-0.25, -0.2) is 0 Å². The molecule has 1 saturated heterocycles. The fraction of sp³-hybridized carbons (Fsp3) is 0.917. The summed E-state index contributed by atoms with van der Waals surface area (Å²) < 4.78 is 0. The first-order valence-electron chi connectivity index (χ1n) is 5.77. The highest BCUT2D eigenvalue weighted by molar-refractivity contribution is 5.76. The first-order valence-corrected chi connectivity index (χ1v) is 5.77. The van der Waals surface area contributed by atoms with E-state index < -0.39 is 0 Å². The smallest absolute Gasteiger partial charge is 0.131 e. The van der Waals surface area contributed by atoms with Gasteiger partial charge in [-0.05, 0) is 34.7 Å². The van der Waals surface area contributed by atoms with Gasteiger partial charge in [0.05, 0.1) is 0 Å². The normalized spacial score (nSPS) is 25.1. The van der Waals surface area contributed by atoms with E-state index in [2.05, 4.69) is 37.6 Å². The lowest BCUT2D eigenvalue weighted by molar-refractivity contribution is -0.118. The number of ketones is 1. The van der Waals surface area contributed by atoms with Gasteiger partial charge in [0.15, 0.2) is 0 Å². The second-order valence-corrected chi connectivity index (χ2v) is 5.46. The average molecular weight is 212 g/mol. The Morgan fingerprint density at radius 3 is 2.47 bits per heavy atom. The van der Waals surface area contributed by atoms with Gasteiger partial charge in [-0.3, -0.25) is 14.6 Å². The maximum atomic E-state index is 11.1. The molecule has 0 aromatic carbocycles. The van der Waals surface area contributed by atoms with Crippen LogP contribution in [0.5, 0.6) is 0 Å². The third kappa shape index (κ3) is 3.28. The Labute approximate surface area is 93.4 Å². The molecule has 0 saturated carbocycles. The highest BCUT2D eigenvalue weighted by atomic mass is 16.1. The molecule has 0 radical (unpaired) electrons. The molecule has 1 fully saturated rings. The summed E-state index contributed by atoms with van der Waals surface area (Å²) in [5.74, 6) is 0.291. The molecule has 1 atom stereocenters. The lowest BCUT2D eigenvalue weighted by atomic mass is 9.97. The van der Waals surface area contributed by atoms with Crippen LogP contribution in [-0.4, -0.2) is 53.8 Å². The quantitative estimate of drug-likeness (QED) is 0.706. The summed E-state index contributed by atoms with van der Waals surface area (Å²) in [7, 11) is 2.17. The van der Waals surface area contributed by atoms with Crippen LogP contribution in [0.3, 0.4) is 0 Å². The maximum absolute atomic E-state index is 11.1. The number of hydrogen-bond donors (Lipinski definition) is 0. The number of carbonyl (C=O) groups is 1. The zero-order chi connectivity index (χ0) is 11.6. The van der Waals surface area contributed by atoms with E-state index in [1.54, 1.807) is 6.92 Å². The minimum absolute atomic E-state index is 0.225. The van der Waals surface area contributed by atoms with E-state index in [4.69, 9.17) is 0 Å². The van der Waals surface area contributed by atoms with Crippen molar-refractivity contribution in [1.29, 1.82) is 0 Å². The Hall–Kier alpha value is -0.410. The van der Waals surface area contributed by atoms with E-state index in [0.29, 0.717) is 18.2 Å². The Balaban J connectivity index is 2.55. The molecule has 0 amide bonds. The summed E-state index contributed by atoms with van der Waals surface area (Å²) in [6.45, 7) is 11.6. The molecule has 0 aliphatic carbocycles. The average Bonchev–Trinajstić information content (AvgIpc) is 2.08. The summed E-state index contributed by atoms with van der Waals surface area (Å²) in [4.78, 5) is 15.9. The number of likely N-dealkylation sites (N-methyl/N-ethyl adjacent to an activating group) is 1. The van der Waals surface area contributed by atoms with Crippen LogP contribution in [0.2, 0.25) is 0 Å². The summed E-state index contributed by atoms with van der Waals surface area (Å²) >= 11 is 0. The largest absolute Gasteiger partial charge is 0.300 e. The first-order chi connectivity index (χ1) is 6.83. The summed E-state index contributed by atoms with van der Waals surface area (Å²) in [5.41, 5.74) is 0.225. The molecule has 0 aromatic heterocycles. The van der Waals surface area contributed by atoms with Crippen LogP contribution in [0, 0.1) is 0 Å². The van der Waals surface area contributed by atoms with E-state index in [0.717, 1.165) is 19.6 Å². The molecule has 3 nitrogen and oxygen atoms in total. The Bertz CT molecular complexity index is 238. The van der Waals surface area contributed by atoms with Crippen LogP contribution in [0.1, 0.15) is 34.1 Å². The fourth-order valence-electron chi connectivity index (χ4n) is 2.20. The predicted octanol–water partition coefficient (Wildman–Crippen LogP) is 1.38. The van der Waals surface area contributed by atoms with E-state index in [1.165, 1.54) is 0 Å². The highest BCUT2D eigenvalue weighted by Crippen LogP contribution is 2.21. The molecule has 0 N–H and O–H groups in total. The van der Waals surface area contributed by atoms with Crippen molar-refractivity contribution in [2.75, 3.05) is 26.7 Å². The van der Waals surface area contributed by atoms with Crippen molar-refractivity contribution in [2.45, 2.75) is 45.7 Å². The molecule has 1 aliphatic rings. The van der Waals surface area contributed by atoms with E-state index in [9.17, 15) is 4.79 Å². The molecule has 1 heterocycles. The summed E-state index contributed by atoms with van der Waals surface area (Å²) in [6, 6.07) is 0.385. The highest BCUT2D eigenvalue weighted by Gasteiger charge is 2.32. The van der Waals surface area contributed by atoms with E-state index >= 15 is 0 Å². The van der Waals surface area contributed by atoms with Crippen molar-refractivity contribution < 1.29 is 4.79 Å². The minimum Gasteiger partial charge on any atom is -0.300 e. The fourth-order valence-corrected chi connectivity index (χ4v) is 2.20. The van der Waals surface area contributed by atoms with Crippen molar-refractivity contribution in [3.05, 3.63) is 0 Å². The molecular formula is C12H24N2O. The Morgan fingerprint density at radius 2 is 2.00 bits per heavy atom. The topological polar surface area (TPSA) is 23.6 Å². The van der Waals surface area contributed by atoms with Gasteiger partial charge in [0.25, 0.3) is 0 Å². The second kappa shape index (κ2) is 4.62. The molecule has 88 valence electrons. The minimum atomic E-state index is 0.225. The molecule has 1 rings (SSSR count). The molecule has 15 heavy (non-hydrogen) atoms. The van der Waals surface area contributed by atoms with Gasteiger partial charge in [-0.2, -0.15) is 0 Å². The van der Waals surface area contributed by atoms with Gasteiger partial charge >= 0.3 is 0 Å². The third-order valence-corrected chi connectivity index (χ3v) is 3.55. The lowest BCUT2D eigenvalue weighted by Gasteiger charge is -2.47. The zero-order valence-electron chi connectivity index (χ0n) is 10.7. The number of Topliss-reactive ketones (excluding diaryl/α,β-unsaturated/α-hetero) is 1. The second-order valence-electron chi connectivity index (χ2n) is 5.46. The van der Waals surface area contributed by atoms with Crippen molar-refractivity contribution >= 4 is 5.78 Å². The van der Waals surface area contributed by atoms with Crippen molar-refractivity contribution in [3.63, 3.8) is 0 Å². The molecule has 3 heteroatoms. The van der Waals surface area contributed by atoms with E-state index in [1.807, 2.05) is 0 Å². The number of carbonyl (C=O) groups excluding carboxylic acids is 1. The van der Waals surface area contributed by atoms with Crippen molar-refractivity contribution in [2.24, 2.45) is 0 Å². The predicted molar refractivity (Wildman–Crippen MR) is 63.0 cm³/mol. The van der Waals surface area contributed by atoms with Gasteiger partial charge in [0, 0.05) is 37.6 Å². The molecule has 0 spiro atoms. The summed E-state index contributed by atoms with van der Waals surface area (Å²) in [6.07, 6.45) is 0.680. The maximum Gasteiger partial charge on any atom is 0.131 e. The van der Waals surface area contributed by atoms with E-state index in [-0.39, 0.29) is 5.54 Å². The van der Waals surface area contributed by atoms with Crippen LogP contribution in [0.4, 0.5) is 0 Å². The standard InChI is InChI=1S/C12H24N2O/c1-10(8-11(2)15)14-7-6-13(5)12(3,4)9-14/h10H,6-9H2,1-5H3. The van der Waals surface area contributed by atoms with Gasteiger partial charge in [-0.15, -0.1) is 0 Å². The van der Waals surface area contributed by atoms with Crippen molar-refractivity contribution in [1.82, 2.24) is 9.80 Å². The van der Waals surface area contributed by atoms with Crippen LogP contribution in [0.25, 0.3) is 0 Å². The lowest BCUT2D eigenvalue weighted by Crippen LogP contribution is -2.59. The SMILES string of the molecule is CC(=O)CC(C)N1CCN(C)C(C)(C)C1. The monoisotopic (exact) mass is 212 g/mol.